The highest BCUT2D eigenvalue weighted by molar-refractivity contribution is 7.89. The van der Waals surface area contributed by atoms with Gasteiger partial charge in [-0.15, -0.1) is 0 Å². The fraction of sp³-hybridized carbons (Fsp3) is 0.462. The smallest absolute Gasteiger partial charge is 0.240 e. The molecule has 3 rings (SSSR count). The van der Waals surface area contributed by atoms with Crippen molar-refractivity contribution in [3.05, 3.63) is 60.2 Å². The van der Waals surface area contributed by atoms with Crippen molar-refractivity contribution >= 4 is 27.5 Å². The lowest BCUT2D eigenvalue weighted by Crippen LogP contribution is -2.40. The van der Waals surface area contributed by atoms with Gasteiger partial charge in [-0.1, -0.05) is 30.3 Å². The molecule has 0 unspecified atom stereocenters. The zero-order chi connectivity index (χ0) is 24.6. The molecular formula is C26H35N3O4S. The second kappa shape index (κ2) is 12.1. The molecule has 1 atom stereocenters. The molecule has 3 N–H and O–H groups in total. The number of carbonyl (C=O) groups is 2. The van der Waals surface area contributed by atoms with Gasteiger partial charge in [0.2, 0.25) is 21.8 Å². The number of benzene rings is 2. The first-order valence-corrected chi connectivity index (χ1v) is 13.4. The largest absolute Gasteiger partial charge is 0.353 e. The molecule has 2 aromatic carbocycles. The Bertz CT molecular complexity index is 1050. The molecule has 0 bridgehead atoms. The number of rotatable bonds is 10. The van der Waals surface area contributed by atoms with Crippen molar-refractivity contribution in [1.29, 1.82) is 0 Å². The molecule has 34 heavy (non-hydrogen) atoms. The second-order valence-electron chi connectivity index (χ2n) is 9.21. The third-order valence-corrected chi connectivity index (χ3v) is 7.80. The minimum atomic E-state index is -3.62. The average Bonchev–Trinajstić information content (AvgIpc) is 2.82. The first kappa shape index (κ1) is 25.9. The lowest BCUT2D eigenvalue weighted by Gasteiger charge is -2.29. The maximum atomic E-state index is 12.7. The van der Waals surface area contributed by atoms with Gasteiger partial charge in [-0.3, -0.25) is 9.59 Å². The van der Waals surface area contributed by atoms with Gasteiger partial charge in [0.15, 0.2) is 0 Å². The summed E-state index contributed by atoms with van der Waals surface area (Å²) in [4.78, 5) is 23.9. The number of aryl methyl sites for hydroxylation is 1. The number of nitrogens with one attached hydrogen (secondary N) is 3. The minimum absolute atomic E-state index is 0.00615. The van der Waals surface area contributed by atoms with E-state index < -0.39 is 10.0 Å². The second-order valence-corrected chi connectivity index (χ2v) is 11.0. The molecular weight excluding hydrogens is 450 g/mol. The van der Waals surface area contributed by atoms with Crippen LogP contribution < -0.4 is 15.4 Å². The van der Waals surface area contributed by atoms with Gasteiger partial charge in [0.25, 0.3) is 0 Å². The van der Waals surface area contributed by atoms with Gasteiger partial charge in [-0.2, -0.15) is 0 Å². The van der Waals surface area contributed by atoms with Gasteiger partial charge in [0, 0.05) is 31.1 Å². The summed E-state index contributed by atoms with van der Waals surface area (Å²) in [6.07, 6.45) is 5.02. The van der Waals surface area contributed by atoms with E-state index in [1.807, 2.05) is 25.1 Å². The third-order valence-electron chi connectivity index (χ3n) is 6.36. The summed E-state index contributed by atoms with van der Waals surface area (Å²) in [5.41, 5.74) is 1.83. The van der Waals surface area contributed by atoms with E-state index in [4.69, 9.17) is 0 Å². The van der Waals surface area contributed by atoms with Crippen LogP contribution in [-0.4, -0.2) is 32.8 Å². The van der Waals surface area contributed by atoms with E-state index in [0.29, 0.717) is 12.2 Å². The van der Waals surface area contributed by atoms with Gasteiger partial charge in [-0.25, -0.2) is 13.1 Å². The Morgan fingerprint density at radius 3 is 2.24 bits per heavy atom. The monoisotopic (exact) mass is 485 g/mol. The highest BCUT2D eigenvalue weighted by Gasteiger charge is 2.28. The molecule has 2 amide bonds. The molecule has 0 aromatic heterocycles. The van der Waals surface area contributed by atoms with E-state index in [0.717, 1.165) is 38.5 Å². The van der Waals surface area contributed by atoms with Crippen molar-refractivity contribution < 1.29 is 18.0 Å². The van der Waals surface area contributed by atoms with Gasteiger partial charge in [-0.05, 0) is 81.2 Å². The van der Waals surface area contributed by atoms with Crippen molar-refractivity contribution in [2.45, 2.75) is 63.3 Å². The van der Waals surface area contributed by atoms with Crippen LogP contribution in [0.5, 0.6) is 0 Å². The molecule has 7 nitrogen and oxygen atoms in total. The summed E-state index contributed by atoms with van der Waals surface area (Å²) in [6.45, 7) is 3.80. The Hall–Kier alpha value is -2.71. The van der Waals surface area contributed by atoms with E-state index in [-0.39, 0.29) is 34.6 Å². The average molecular weight is 486 g/mol. The normalized spacial score (nSPS) is 19.2. The lowest BCUT2D eigenvalue weighted by molar-refractivity contribution is -0.126. The fourth-order valence-electron chi connectivity index (χ4n) is 4.32. The molecule has 0 saturated heterocycles. The Morgan fingerprint density at radius 2 is 1.62 bits per heavy atom. The number of carbonyl (C=O) groups excluding carboxylic acids is 2. The highest BCUT2D eigenvalue weighted by atomic mass is 32.2. The third kappa shape index (κ3) is 7.95. The molecule has 2 aromatic rings. The molecule has 184 valence electrons. The summed E-state index contributed by atoms with van der Waals surface area (Å²) in [6, 6.07) is 16.5. The molecule has 0 heterocycles. The maximum absolute atomic E-state index is 12.7. The maximum Gasteiger partial charge on any atom is 0.240 e. The zero-order valence-electron chi connectivity index (χ0n) is 19.9. The number of amides is 2. The molecule has 0 spiro atoms. The summed E-state index contributed by atoms with van der Waals surface area (Å²) in [5, 5.41) is 5.77. The molecule has 0 aliphatic heterocycles. The van der Waals surface area contributed by atoms with Crippen molar-refractivity contribution in [3.63, 3.8) is 0 Å². The SMILES string of the molecule is CC(=O)Nc1ccc(S(=O)(=O)NCC2CCC(C(=O)N[C@H](C)CCc3ccccc3)CC2)cc1. The van der Waals surface area contributed by atoms with Crippen LogP contribution >= 0.6 is 0 Å². The summed E-state index contributed by atoms with van der Waals surface area (Å²) in [5.74, 6) is 0.111. The quantitative estimate of drug-likeness (QED) is 0.475. The topological polar surface area (TPSA) is 104 Å². The highest BCUT2D eigenvalue weighted by Crippen LogP contribution is 2.29. The molecule has 1 aliphatic carbocycles. The van der Waals surface area contributed by atoms with Gasteiger partial charge >= 0.3 is 0 Å². The van der Waals surface area contributed by atoms with Crippen molar-refractivity contribution in [3.8, 4) is 0 Å². The number of hydrogen-bond donors (Lipinski definition) is 3. The molecule has 8 heteroatoms. The van der Waals surface area contributed by atoms with Crippen LogP contribution in [0.4, 0.5) is 5.69 Å². The van der Waals surface area contributed by atoms with Gasteiger partial charge in [0.05, 0.1) is 4.90 Å². The van der Waals surface area contributed by atoms with Crippen LogP contribution in [0.15, 0.2) is 59.5 Å². The van der Waals surface area contributed by atoms with Crippen LogP contribution in [0.25, 0.3) is 0 Å². The molecule has 1 saturated carbocycles. The van der Waals surface area contributed by atoms with Crippen molar-refractivity contribution in [2.24, 2.45) is 11.8 Å². The lowest BCUT2D eigenvalue weighted by atomic mass is 9.81. The van der Waals surface area contributed by atoms with Crippen LogP contribution in [0.1, 0.15) is 51.5 Å². The standard InChI is InChI=1S/C26H35N3O4S/c1-19(8-9-21-6-4-3-5-7-21)28-26(31)23-12-10-22(11-13-23)18-27-34(32,33)25-16-14-24(15-17-25)29-20(2)30/h3-7,14-17,19,22-23,27H,8-13,18H2,1-2H3,(H,28,31)(H,29,30)/t19-,22?,23?/m1/s1. The zero-order valence-corrected chi connectivity index (χ0v) is 20.7. The van der Waals surface area contributed by atoms with E-state index in [1.54, 1.807) is 12.1 Å². The predicted octanol–water partition coefficient (Wildman–Crippen LogP) is 3.87. The van der Waals surface area contributed by atoms with Crippen LogP contribution in [0, 0.1) is 11.8 Å². The van der Waals surface area contributed by atoms with Crippen LogP contribution in [0.3, 0.4) is 0 Å². The first-order chi connectivity index (χ1) is 16.2. The van der Waals surface area contributed by atoms with Gasteiger partial charge < -0.3 is 10.6 Å². The van der Waals surface area contributed by atoms with E-state index in [9.17, 15) is 18.0 Å². The number of sulfonamides is 1. The molecule has 1 aliphatic rings. The van der Waals surface area contributed by atoms with Crippen molar-refractivity contribution in [1.82, 2.24) is 10.0 Å². The number of hydrogen-bond acceptors (Lipinski definition) is 4. The fourth-order valence-corrected chi connectivity index (χ4v) is 5.44. The van der Waals surface area contributed by atoms with E-state index in [2.05, 4.69) is 27.5 Å². The Morgan fingerprint density at radius 1 is 0.971 bits per heavy atom. The summed E-state index contributed by atoms with van der Waals surface area (Å²) < 4.78 is 27.9. The van der Waals surface area contributed by atoms with Crippen LogP contribution in [-0.2, 0) is 26.0 Å². The Balaban J connectivity index is 1.39. The van der Waals surface area contributed by atoms with E-state index in [1.165, 1.54) is 24.6 Å². The van der Waals surface area contributed by atoms with Gasteiger partial charge in [0.1, 0.15) is 0 Å². The predicted molar refractivity (Wildman–Crippen MR) is 134 cm³/mol. The minimum Gasteiger partial charge on any atom is -0.353 e. The first-order valence-electron chi connectivity index (χ1n) is 11.9. The molecule has 0 radical (unpaired) electrons. The summed E-state index contributed by atoms with van der Waals surface area (Å²) in [7, 11) is -3.62. The van der Waals surface area contributed by atoms with Crippen LogP contribution in [0.2, 0.25) is 0 Å². The van der Waals surface area contributed by atoms with E-state index >= 15 is 0 Å². The Labute approximate surface area is 202 Å². The van der Waals surface area contributed by atoms with Crippen molar-refractivity contribution in [2.75, 3.05) is 11.9 Å². The molecule has 1 fully saturated rings. The Kier molecular flexibility index (Phi) is 9.24. The summed E-state index contributed by atoms with van der Waals surface area (Å²) >= 11 is 0. The number of anilines is 1.